The maximum absolute atomic E-state index is 5.44. The van der Waals surface area contributed by atoms with Gasteiger partial charge in [-0.2, -0.15) is 0 Å². The molecule has 3 aromatic carbocycles. The minimum Gasteiger partial charge on any atom is -0.251 e. The summed E-state index contributed by atoms with van der Waals surface area (Å²) < 4.78 is 0. The first-order valence-electron chi connectivity index (χ1n) is 15.9. The Morgan fingerprint density at radius 3 is 1.79 bits per heavy atom. The molecule has 0 saturated carbocycles. The quantitative estimate of drug-likeness (QED) is 0.157. The fourth-order valence-electron chi connectivity index (χ4n) is 6.25. The molecule has 0 aliphatic heterocycles. The van der Waals surface area contributed by atoms with E-state index in [-0.39, 0.29) is 0 Å². The van der Waals surface area contributed by atoms with Gasteiger partial charge in [0, 0.05) is 5.56 Å². The third kappa shape index (κ3) is 6.31. The SMILES string of the molecule is CCc1cc(C)cc(CC)c1N=C(c1ccccc1)c1ccc2c(n1)C(=Nc1c(CC)cc(C)cc1CC)CCCC2. The molecular weight excluding hydrogens is 510 g/mol. The van der Waals surface area contributed by atoms with Crippen LogP contribution >= 0.6 is 0 Å². The van der Waals surface area contributed by atoms with E-state index in [0.29, 0.717) is 0 Å². The zero-order valence-corrected chi connectivity index (χ0v) is 26.3. The van der Waals surface area contributed by atoms with Gasteiger partial charge in [-0.1, -0.05) is 99.5 Å². The van der Waals surface area contributed by atoms with Gasteiger partial charge in [-0.05, 0) is 99.1 Å². The summed E-state index contributed by atoms with van der Waals surface area (Å²) in [6.45, 7) is 13.3. The standard InChI is InChI=1S/C39H45N3/c1-7-28-22-26(5)23-29(8-2)36(28)40-34-19-15-14-18-33-20-21-35(41-38(33)34)39(32-16-12-11-13-17-32)42-37-30(9-3)24-27(6)25-31(37)10-4/h11-13,16-17,20-25H,7-10,14-15,18-19H2,1-6H3. The van der Waals surface area contributed by atoms with Crippen LogP contribution in [0.1, 0.15) is 103 Å². The van der Waals surface area contributed by atoms with Crippen molar-refractivity contribution in [1.29, 1.82) is 0 Å². The molecule has 1 aliphatic rings. The molecule has 0 spiro atoms. The molecule has 0 fully saturated rings. The highest BCUT2D eigenvalue weighted by atomic mass is 14.9. The first-order valence-corrected chi connectivity index (χ1v) is 15.9. The average Bonchev–Trinajstić information content (AvgIpc) is 3.22. The van der Waals surface area contributed by atoms with Crippen LogP contribution < -0.4 is 0 Å². The molecule has 0 atom stereocenters. The van der Waals surface area contributed by atoms with Crippen molar-refractivity contribution in [3.63, 3.8) is 0 Å². The lowest BCUT2D eigenvalue weighted by atomic mass is 9.98. The van der Waals surface area contributed by atoms with E-state index in [2.05, 4.69) is 108 Å². The molecule has 5 rings (SSSR count). The molecule has 0 N–H and O–H groups in total. The molecule has 42 heavy (non-hydrogen) atoms. The van der Waals surface area contributed by atoms with Gasteiger partial charge in [-0.25, -0.2) is 9.98 Å². The summed E-state index contributed by atoms with van der Waals surface area (Å²) in [4.78, 5) is 16.3. The molecule has 3 nitrogen and oxygen atoms in total. The Morgan fingerprint density at radius 1 is 0.667 bits per heavy atom. The molecule has 1 heterocycles. The van der Waals surface area contributed by atoms with E-state index in [1.807, 2.05) is 0 Å². The van der Waals surface area contributed by atoms with Gasteiger partial charge in [0.2, 0.25) is 0 Å². The summed E-state index contributed by atoms with van der Waals surface area (Å²) in [7, 11) is 0. The minimum absolute atomic E-state index is 0.912. The maximum atomic E-state index is 5.44. The summed E-state index contributed by atoms with van der Waals surface area (Å²) in [6.07, 6.45) is 8.10. The topological polar surface area (TPSA) is 37.6 Å². The fourth-order valence-corrected chi connectivity index (χ4v) is 6.25. The van der Waals surface area contributed by atoms with Gasteiger partial charge in [0.05, 0.1) is 34.2 Å². The van der Waals surface area contributed by atoms with Crippen LogP contribution in [0, 0.1) is 13.8 Å². The van der Waals surface area contributed by atoms with Crippen LogP contribution in [0.25, 0.3) is 0 Å². The molecule has 0 bridgehead atoms. The van der Waals surface area contributed by atoms with E-state index in [0.717, 1.165) is 91.1 Å². The Bertz CT molecular complexity index is 1580. The van der Waals surface area contributed by atoms with Crippen molar-refractivity contribution in [1.82, 2.24) is 4.98 Å². The second-order valence-corrected chi connectivity index (χ2v) is 11.6. The number of nitrogens with zero attached hydrogens (tertiary/aromatic N) is 3. The number of benzene rings is 3. The monoisotopic (exact) mass is 555 g/mol. The average molecular weight is 556 g/mol. The maximum Gasteiger partial charge on any atom is 0.0966 e. The van der Waals surface area contributed by atoms with Crippen molar-refractivity contribution in [2.75, 3.05) is 0 Å². The molecule has 0 amide bonds. The Labute approximate surface area is 252 Å². The Balaban J connectivity index is 1.73. The van der Waals surface area contributed by atoms with Gasteiger partial charge in [-0.15, -0.1) is 0 Å². The highest BCUT2D eigenvalue weighted by Gasteiger charge is 2.21. The molecule has 3 heteroatoms. The lowest BCUT2D eigenvalue weighted by Crippen LogP contribution is -2.13. The van der Waals surface area contributed by atoms with E-state index in [1.165, 1.54) is 38.9 Å². The van der Waals surface area contributed by atoms with E-state index in [9.17, 15) is 0 Å². The van der Waals surface area contributed by atoms with Crippen LogP contribution in [0.5, 0.6) is 0 Å². The molecular formula is C39H45N3. The highest BCUT2D eigenvalue weighted by Crippen LogP contribution is 2.32. The zero-order chi connectivity index (χ0) is 29.6. The van der Waals surface area contributed by atoms with Crippen LogP contribution in [-0.4, -0.2) is 16.4 Å². The summed E-state index contributed by atoms with van der Waals surface area (Å²) in [5, 5.41) is 0. The lowest BCUT2D eigenvalue weighted by molar-refractivity contribution is 0.775. The predicted octanol–water partition coefficient (Wildman–Crippen LogP) is 9.96. The summed E-state index contributed by atoms with van der Waals surface area (Å²) >= 11 is 0. The molecule has 1 aromatic heterocycles. The molecule has 4 aromatic rings. The molecule has 216 valence electrons. The highest BCUT2D eigenvalue weighted by molar-refractivity contribution is 6.14. The lowest BCUT2D eigenvalue weighted by Gasteiger charge is -2.16. The third-order valence-corrected chi connectivity index (χ3v) is 8.47. The molecule has 0 unspecified atom stereocenters. The van der Waals surface area contributed by atoms with Gasteiger partial charge < -0.3 is 0 Å². The molecule has 0 radical (unpaired) electrons. The first kappa shape index (κ1) is 29.6. The van der Waals surface area contributed by atoms with Crippen molar-refractivity contribution in [2.24, 2.45) is 9.98 Å². The number of hydrogen-bond donors (Lipinski definition) is 0. The van der Waals surface area contributed by atoms with Crippen LogP contribution in [0.2, 0.25) is 0 Å². The van der Waals surface area contributed by atoms with Crippen molar-refractivity contribution in [3.05, 3.63) is 123 Å². The second kappa shape index (κ2) is 13.4. The number of pyridine rings is 1. The summed E-state index contributed by atoms with van der Waals surface area (Å²) in [5.74, 6) is 0. The third-order valence-electron chi connectivity index (χ3n) is 8.47. The van der Waals surface area contributed by atoms with Crippen molar-refractivity contribution in [2.45, 2.75) is 92.9 Å². The first-order chi connectivity index (χ1) is 20.4. The number of hydrogen-bond acceptors (Lipinski definition) is 3. The van der Waals surface area contributed by atoms with Gasteiger partial charge in [0.25, 0.3) is 0 Å². The van der Waals surface area contributed by atoms with Crippen LogP contribution in [0.15, 0.2) is 76.7 Å². The summed E-state index contributed by atoms with van der Waals surface area (Å²) in [5.41, 5.74) is 16.5. The Hall–Kier alpha value is -3.85. The van der Waals surface area contributed by atoms with Gasteiger partial charge in [0.1, 0.15) is 0 Å². The van der Waals surface area contributed by atoms with Crippen molar-refractivity contribution in [3.8, 4) is 0 Å². The Morgan fingerprint density at radius 2 is 1.21 bits per heavy atom. The van der Waals surface area contributed by atoms with Crippen LogP contribution in [0.4, 0.5) is 11.4 Å². The van der Waals surface area contributed by atoms with Crippen molar-refractivity contribution < 1.29 is 0 Å². The number of aliphatic imine (C=N–C) groups is 2. The molecule has 1 aliphatic carbocycles. The normalized spacial score (nSPS) is 14.6. The Kier molecular flexibility index (Phi) is 9.47. The smallest absolute Gasteiger partial charge is 0.0966 e. The zero-order valence-electron chi connectivity index (χ0n) is 26.3. The predicted molar refractivity (Wildman–Crippen MR) is 180 cm³/mol. The van der Waals surface area contributed by atoms with E-state index >= 15 is 0 Å². The van der Waals surface area contributed by atoms with Gasteiger partial charge in [-0.3, -0.25) is 4.99 Å². The fraction of sp³-hybridized carbons (Fsp3) is 0.359. The molecule has 0 saturated heterocycles. The second-order valence-electron chi connectivity index (χ2n) is 11.6. The number of aryl methyl sites for hydroxylation is 7. The van der Waals surface area contributed by atoms with E-state index in [4.69, 9.17) is 15.0 Å². The van der Waals surface area contributed by atoms with Crippen molar-refractivity contribution >= 4 is 22.8 Å². The van der Waals surface area contributed by atoms with Crippen LogP contribution in [-0.2, 0) is 32.1 Å². The van der Waals surface area contributed by atoms with Gasteiger partial charge >= 0.3 is 0 Å². The minimum atomic E-state index is 0.912. The number of rotatable bonds is 8. The van der Waals surface area contributed by atoms with E-state index < -0.39 is 0 Å². The largest absolute Gasteiger partial charge is 0.251 e. The number of fused-ring (bicyclic) bond motifs is 1. The van der Waals surface area contributed by atoms with E-state index in [1.54, 1.807) is 0 Å². The van der Waals surface area contributed by atoms with Crippen LogP contribution in [0.3, 0.4) is 0 Å². The summed E-state index contributed by atoms with van der Waals surface area (Å²) in [6, 6.07) is 24.2. The van der Waals surface area contributed by atoms with Gasteiger partial charge in [0.15, 0.2) is 0 Å². The number of aromatic nitrogens is 1.